The van der Waals surface area contributed by atoms with Crippen LogP contribution in [-0.4, -0.2) is 25.0 Å². The van der Waals surface area contributed by atoms with E-state index in [2.05, 4.69) is 5.32 Å². The number of rotatable bonds is 2. The topological polar surface area (TPSA) is 55.4 Å². The first-order valence-electron chi connectivity index (χ1n) is 4.98. The SMILES string of the molecule is COC(=O)[C@H]1CCC[C@@H](NC(C)=O)C1. The summed E-state index contributed by atoms with van der Waals surface area (Å²) < 4.78 is 4.69. The van der Waals surface area contributed by atoms with E-state index >= 15 is 0 Å². The number of hydrogen-bond donors (Lipinski definition) is 1. The monoisotopic (exact) mass is 199 g/mol. The van der Waals surface area contributed by atoms with Crippen molar-refractivity contribution in [3.05, 3.63) is 0 Å². The molecule has 4 heteroatoms. The summed E-state index contributed by atoms with van der Waals surface area (Å²) in [6.45, 7) is 1.50. The summed E-state index contributed by atoms with van der Waals surface area (Å²) in [5, 5.41) is 2.84. The molecule has 0 spiro atoms. The van der Waals surface area contributed by atoms with Gasteiger partial charge in [-0.3, -0.25) is 9.59 Å². The Hall–Kier alpha value is -1.06. The molecule has 1 fully saturated rings. The van der Waals surface area contributed by atoms with Crippen molar-refractivity contribution in [1.82, 2.24) is 5.32 Å². The average Bonchev–Trinajstić information content (AvgIpc) is 2.16. The second-order valence-electron chi connectivity index (χ2n) is 3.78. The predicted octanol–water partition coefficient (Wildman–Crippen LogP) is 0.854. The van der Waals surface area contributed by atoms with Crippen LogP contribution in [0.1, 0.15) is 32.6 Å². The van der Waals surface area contributed by atoms with Crippen molar-refractivity contribution in [2.45, 2.75) is 38.6 Å². The van der Waals surface area contributed by atoms with Crippen molar-refractivity contribution in [2.75, 3.05) is 7.11 Å². The van der Waals surface area contributed by atoms with E-state index in [1.54, 1.807) is 0 Å². The van der Waals surface area contributed by atoms with E-state index in [9.17, 15) is 9.59 Å². The first-order chi connectivity index (χ1) is 6.63. The van der Waals surface area contributed by atoms with Crippen molar-refractivity contribution in [2.24, 2.45) is 5.92 Å². The second-order valence-corrected chi connectivity index (χ2v) is 3.78. The smallest absolute Gasteiger partial charge is 0.308 e. The molecule has 2 atom stereocenters. The lowest BCUT2D eigenvalue weighted by molar-refractivity contribution is -0.147. The van der Waals surface area contributed by atoms with Crippen molar-refractivity contribution < 1.29 is 14.3 Å². The van der Waals surface area contributed by atoms with E-state index in [1.165, 1.54) is 14.0 Å². The summed E-state index contributed by atoms with van der Waals surface area (Å²) in [7, 11) is 1.41. The number of esters is 1. The van der Waals surface area contributed by atoms with Crippen molar-refractivity contribution in [1.29, 1.82) is 0 Å². The fourth-order valence-electron chi connectivity index (χ4n) is 1.99. The number of hydrogen-bond acceptors (Lipinski definition) is 3. The van der Waals surface area contributed by atoms with E-state index in [-0.39, 0.29) is 23.8 Å². The van der Waals surface area contributed by atoms with E-state index in [1.807, 2.05) is 0 Å². The van der Waals surface area contributed by atoms with Crippen LogP contribution in [0, 0.1) is 5.92 Å². The molecule has 1 aliphatic carbocycles. The molecule has 0 aromatic rings. The van der Waals surface area contributed by atoms with Gasteiger partial charge >= 0.3 is 5.97 Å². The molecule has 0 radical (unpaired) electrons. The first kappa shape index (κ1) is 11.0. The third-order valence-corrected chi connectivity index (χ3v) is 2.62. The van der Waals surface area contributed by atoms with Crippen LogP contribution < -0.4 is 5.32 Å². The lowest BCUT2D eigenvalue weighted by Gasteiger charge is -2.27. The van der Waals surface area contributed by atoms with Gasteiger partial charge in [-0.2, -0.15) is 0 Å². The Labute approximate surface area is 84.0 Å². The predicted molar refractivity (Wildman–Crippen MR) is 51.6 cm³/mol. The molecule has 1 saturated carbocycles. The molecule has 0 bridgehead atoms. The molecule has 0 saturated heterocycles. The second kappa shape index (κ2) is 4.98. The van der Waals surface area contributed by atoms with Crippen LogP contribution in [0.3, 0.4) is 0 Å². The van der Waals surface area contributed by atoms with Gasteiger partial charge in [-0.25, -0.2) is 0 Å². The summed E-state index contributed by atoms with van der Waals surface area (Å²) in [6, 6.07) is 0.144. The van der Waals surface area contributed by atoms with Gasteiger partial charge in [0.1, 0.15) is 0 Å². The van der Waals surface area contributed by atoms with Gasteiger partial charge in [0.2, 0.25) is 5.91 Å². The lowest BCUT2D eigenvalue weighted by Crippen LogP contribution is -2.39. The van der Waals surface area contributed by atoms with Gasteiger partial charge in [0.25, 0.3) is 0 Å². The third-order valence-electron chi connectivity index (χ3n) is 2.62. The third kappa shape index (κ3) is 3.01. The van der Waals surface area contributed by atoms with Gasteiger partial charge in [0.05, 0.1) is 13.0 Å². The maximum absolute atomic E-state index is 11.3. The molecule has 0 heterocycles. The minimum Gasteiger partial charge on any atom is -0.469 e. The minimum atomic E-state index is -0.153. The van der Waals surface area contributed by atoms with E-state index in [4.69, 9.17) is 4.74 Å². The Morgan fingerprint density at radius 3 is 2.64 bits per heavy atom. The van der Waals surface area contributed by atoms with Gasteiger partial charge in [-0.05, 0) is 19.3 Å². The number of carbonyl (C=O) groups is 2. The standard InChI is InChI=1S/C10H17NO3/c1-7(12)11-9-5-3-4-8(6-9)10(13)14-2/h8-9H,3-6H2,1-2H3,(H,11,12)/t8-,9+/m0/s1. The number of methoxy groups -OCH3 is 1. The molecule has 80 valence electrons. The van der Waals surface area contributed by atoms with E-state index in [0.29, 0.717) is 6.42 Å². The Morgan fingerprint density at radius 2 is 2.07 bits per heavy atom. The number of carbonyl (C=O) groups excluding carboxylic acids is 2. The Bertz CT molecular complexity index is 227. The van der Waals surface area contributed by atoms with Gasteiger partial charge < -0.3 is 10.1 Å². The summed E-state index contributed by atoms with van der Waals surface area (Å²) >= 11 is 0. The lowest BCUT2D eigenvalue weighted by atomic mass is 9.86. The molecular formula is C10H17NO3. The summed E-state index contributed by atoms with van der Waals surface area (Å²) in [6.07, 6.45) is 3.53. The molecule has 1 amide bonds. The molecule has 0 aromatic heterocycles. The largest absolute Gasteiger partial charge is 0.469 e. The van der Waals surface area contributed by atoms with Crippen LogP contribution >= 0.6 is 0 Å². The fourth-order valence-corrected chi connectivity index (χ4v) is 1.99. The van der Waals surface area contributed by atoms with Gasteiger partial charge in [-0.15, -0.1) is 0 Å². The maximum atomic E-state index is 11.3. The number of ether oxygens (including phenoxy) is 1. The molecule has 14 heavy (non-hydrogen) atoms. The van der Waals surface area contributed by atoms with Crippen LogP contribution in [0.25, 0.3) is 0 Å². The van der Waals surface area contributed by atoms with E-state index < -0.39 is 0 Å². The van der Waals surface area contributed by atoms with Crippen molar-refractivity contribution in [3.63, 3.8) is 0 Å². The number of amides is 1. The fraction of sp³-hybridized carbons (Fsp3) is 0.800. The first-order valence-corrected chi connectivity index (χ1v) is 4.98. The van der Waals surface area contributed by atoms with Gasteiger partial charge in [-0.1, -0.05) is 6.42 Å². The van der Waals surface area contributed by atoms with Gasteiger partial charge in [0, 0.05) is 13.0 Å². The molecule has 0 aromatic carbocycles. The highest BCUT2D eigenvalue weighted by atomic mass is 16.5. The molecular weight excluding hydrogens is 182 g/mol. The van der Waals surface area contributed by atoms with Crippen molar-refractivity contribution in [3.8, 4) is 0 Å². The van der Waals surface area contributed by atoms with Crippen LogP contribution in [0.2, 0.25) is 0 Å². The molecule has 0 unspecified atom stereocenters. The Balaban J connectivity index is 2.43. The molecule has 4 nitrogen and oxygen atoms in total. The zero-order chi connectivity index (χ0) is 10.6. The van der Waals surface area contributed by atoms with Crippen LogP contribution in [0.4, 0.5) is 0 Å². The highest BCUT2D eigenvalue weighted by Gasteiger charge is 2.27. The molecule has 0 aliphatic heterocycles. The normalized spacial score (nSPS) is 26.7. The highest BCUT2D eigenvalue weighted by Crippen LogP contribution is 2.25. The van der Waals surface area contributed by atoms with Crippen LogP contribution in [0.15, 0.2) is 0 Å². The molecule has 1 rings (SSSR count). The summed E-state index contributed by atoms with van der Waals surface area (Å²) in [4.78, 5) is 22.1. The van der Waals surface area contributed by atoms with Crippen LogP contribution in [-0.2, 0) is 14.3 Å². The molecule has 1 aliphatic rings. The Kier molecular flexibility index (Phi) is 3.92. The minimum absolute atomic E-state index is 0.0273. The summed E-state index contributed by atoms with van der Waals surface area (Å²) in [5.74, 6) is -0.217. The highest BCUT2D eigenvalue weighted by molar-refractivity contribution is 5.74. The average molecular weight is 199 g/mol. The quantitative estimate of drug-likeness (QED) is 0.671. The van der Waals surface area contributed by atoms with E-state index in [0.717, 1.165) is 19.3 Å². The van der Waals surface area contributed by atoms with Crippen molar-refractivity contribution >= 4 is 11.9 Å². The van der Waals surface area contributed by atoms with Gasteiger partial charge in [0.15, 0.2) is 0 Å². The zero-order valence-electron chi connectivity index (χ0n) is 8.71. The Morgan fingerprint density at radius 1 is 1.36 bits per heavy atom. The maximum Gasteiger partial charge on any atom is 0.308 e. The number of nitrogens with one attached hydrogen (secondary N) is 1. The van der Waals surface area contributed by atoms with Crippen LogP contribution in [0.5, 0.6) is 0 Å². The summed E-state index contributed by atoms with van der Waals surface area (Å²) in [5.41, 5.74) is 0. The molecule has 1 N–H and O–H groups in total. The zero-order valence-corrected chi connectivity index (χ0v) is 8.71.